The Morgan fingerprint density at radius 1 is 1.11 bits per heavy atom. The van der Waals surface area contributed by atoms with Gasteiger partial charge in [-0.2, -0.15) is 0 Å². The number of rotatable bonds is 0. The maximum Gasteiger partial charge on any atom is 0.0935 e. The van der Waals surface area contributed by atoms with Crippen LogP contribution in [0.1, 0.15) is 52.4 Å². The summed E-state index contributed by atoms with van der Waals surface area (Å²) in [4.78, 5) is 0. The van der Waals surface area contributed by atoms with Gasteiger partial charge in [0.1, 0.15) is 0 Å². The molecule has 1 heterocycles. The standard InChI is InChI=1S/C15H28N2O/c1-15(2)7-11-13(12(18)8-15)14(16)9-5-3-4-6-10(9)17-11/h9-14,17-18H,3-8,16H2,1-2H3/p+1/t9?,10?,11?,12-,13?,14?/m1/s1. The van der Waals surface area contributed by atoms with Crippen LogP contribution in [0.5, 0.6) is 0 Å². The minimum atomic E-state index is -0.187. The van der Waals surface area contributed by atoms with Crippen molar-refractivity contribution in [3.05, 3.63) is 0 Å². The second-order valence-electron chi connectivity index (χ2n) is 7.76. The van der Waals surface area contributed by atoms with Gasteiger partial charge < -0.3 is 16.2 Å². The molecule has 0 bridgehead atoms. The maximum absolute atomic E-state index is 10.5. The van der Waals surface area contributed by atoms with Gasteiger partial charge in [-0.3, -0.25) is 0 Å². The summed E-state index contributed by atoms with van der Waals surface area (Å²) in [6, 6.07) is 1.52. The molecule has 6 atom stereocenters. The molecular weight excluding hydrogens is 224 g/mol. The summed E-state index contributed by atoms with van der Waals surface area (Å²) in [5, 5.41) is 13.1. The van der Waals surface area contributed by atoms with Crippen LogP contribution in [-0.2, 0) is 0 Å². The Hall–Kier alpha value is -0.120. The second-order valence-corrected chi connectivity index (χ2v) is 7.76. The molecule has 3 fully saturated rings. The van der Waals surface area contributed by atoms with Crippen LogP contribution in [0.2, 0.25) is 0 Å². The highest BCUT2D eigenvalue weighted by atomic mass is 16.3. The first-order valence-corrected chi connectivity index (χ1v) is 7.76. The molecule has 3 nitrogen and oxygen atoms in total. The van der Waals surface area contributed by atoms with Gasteiger partial charge in [0.25, 0.3) is 0 Å². The highest BCUT2D eigenvalue weighted by Gasteiger charge is 2.53. The lowest BCUT2D eigenvalue weighted by atomic mass is 9.60. The SMILES string of the molecule is CC1(C)CC2[NH2+]C3CCCCC3C(N)C2[C@H](O)C1. The number of quaternary nitrogens is 1. The van der Waals surface area contributed by atoms with Crippen molar-refractivity contribution in [1.29, 1.82) is 0 Å². The van der Waals surface area contributed by atoms with E-state index >= 15 is 0 Å². The average molecular weight is 253 g/mol. The van der Waals surface area contributed by atoms with Crippen molar-refractivity contribution >= 4 is 0 Å². The largest absolute Gasteiger partial charge is 0.393 e. The molecule has 3 rings (SSSR count). The molecule has 5 N–H and O–H groups in total. The minimum Gasteiger partial charge on any atom is -0.393 e. The van der Waals surface area contributed by atoms with Crippen LogP contribution in [0.25, 0.3) is 0 Å². The van der Waals surface area contributed by atoms with Crippen LogP contribution in [0.3, 0.4) is 0 Å². The summed E-state index contributed by atoms with van der Waals surface area (Å²) < 4.78 is 0. The monoisotopic (exact) mass is 253 g/mol. The van der Waals surface area contributed by atoms with E-state index in [1.165, 1.54) is 32.1 Å². The molecule has 0 radical (unpaired) electrons. The Kier molecular flexibility index (Phi) is 3.20. The third-order valence-electron chi connectivity index (χ3n) is 5.80. The molecule has 2 saturated carbocycles. The van der Waals surface area contributed by atoms with E-state index in [1.807, 2.05) is 0 Å². The molecule has 0 aromatic rings. The molecular formula is C15H29N2O+. The topological polar surface area (TPSA) is 62.9 Å². The smallest absolute Gasteiger partial charge is 0.0935 e. The molecule has 0 spiro atoms. The number of nitrogens with two attached hydrogens (primary N) is 2. The van der Waals surface area contributed by atoms with Crippen LogP contribution in [0.4, 0.5) is 0 Å². The summed E-state index contributed by atoms with van der Waals surface area (Å²) in [5.41, 5.74) is 6.82. The second kappa shape index (κ2) is 4.46. The van der Waals surface area contributed by atoms with E-state index < -0.39 is 0 Å². The van der Waals surface area contributed by atoms with E-state index in [9.17, 15) is 5.11 Å². The van der Waals surface area contributed by atoms with Crippen molar-refractivity contribution in [2.24, 2.45) is 23.0 Å². The van der Waals surface area contributed by atoms with Crippen molar-refractivity contribution in [2.75, 3.05) is 0 Å². The fraction of sp³-hybridized carbons (Fsp3) is 1.00. The Bertz CT molecular complexity index is 318. The van der Waals surface area contributed by atoms with Crippen LogP contribution in [0.15, 0.2) is 0 Å². The van der Waals surface area contributed by atoms with Gasteiger partial charge in [-0.05, 0) is 31.1 Å². The maximum atomic E-state index is 10.5. The third kappa shape index (κ3) is 2.10. The third-order valence-corrected chi connectivity index (χ3v) is 5.80. The summed E-state index contributed by atoms with van der Waals surface area (Å²) >= 11 is 0. The molecule has 104 valence electrons. The zero-order valence-corrected chi connectivity index (χ0v) is 11.8. The number of aliphatic hydroxyl groups is 1. The van der Waals surface area contributed by atoms with Gasteiger partial charge in [0.2, 0.25) is 0 Å². The number of hydrogen-bond acceptors (Lipinski definition) is 2. The van der Waals surface area contributed by atoms with E-state index in [-0.39, 0.29) is 17.6 Å². The average Bonchev–Trinajstić information content (AvgIpc) is 2.26. The molecule has 0 amide bonds. The van der Waals surface area contributed by atoms with Crippen molar-refractivity contribution in [3.63, 3.8) is 0 Å². The number of aliphatic hydroxyl groups excluding tert-OH is 1. The summed E-state index contributed by atoms with van der Waals surface area (Å²) in [5.74, 6) is 0.980. The van der Waals surface area contributed by atoms with Crippen molar-refractivity contribution in [3.8, 4) is 0 Å². The van der Waals surface area contributed by atoms with Crippen LogP contribution < -0.4 is 11.1 Å². The molecule has 3 heteroatoms. The summed E-state index contributed by atoms with van der Waals surface area (Å²) in [7, 11) is 0. The molecule has 0 aromatic heterocycles. The zero-order chi connectivity index (χ0) is 12.9. The fourth-order valence-corrected chi connectivity index (χ4v) is 5.09. The lowest BCUT2D eigenvalue weighted by Gasteiger charge is -2.52. The fourth-order valence-electron chi connectivity index (χ4n) is 5.09. The van der Waals surface area contributed by atoms with Crippen LogP contribution in [-0.4, -0.2) is 29.3 Å². The lowest BCUT2D eigenvalue weighted by molar-refractivity contribution is -0.751. The molecule has 2 aliphatic carbocycles. The normalized spacial score (nSPS) is 51.3. The summed E-state index contributed by atoms with van der Waals surface area (Å²) in [6.45, 7) is 4.58. The van der Waals surface area contributed by atoms with Crippen molar-refractivity contribution < 1.29 is 10.4 Å². The quantitative estimate of drug-likeness (QED) is 0.592. The molecule has 0 aromatic carbocycles. The number of piperidine rings is 1. The van der Waals surface area contributed by atoms with Gasteiger partial charge in [0, 0.05) is 18.4 Å². The van der Waals surface area contributed by atoms with Gasteiger partial charge in [0.05, 0.1) is 24.1 Å². The van der Waals surface area contributed by atoms with E-state index in [0.29, 0.717) is 17.9 Å². The van der Waals surface area contributed by atoms with Gasteiger partial charge in [0.15, 0.2) is 0 Å². The van der Waals surface area contributed by atoms with Crippen molar-refractivity contribution in [1.82, 2.24) is 0 Å². The first-order valence-electron chi connectivity index (χ1n) is 7.76. The highest BCUT2D eigenvalue weighted by molar-refractivity contribution is 5.01. The first kappa shape index (κ1) is 12.9. The van der Waals surface area contributed by atoms with Gasteiger partial charge in [-0.15, -0.1) is 0 Å². The Morgan fingerprint density at radius 3 is 2.61 bits per heavy atom. The summed E-state index contributed by atoms with van der Waals surface area (Å²) in [6.07, 6.45) is 7.27. The Balaban J connectivity index is 1.81. The number of hydrogen-bond donors (Lipinski definition) is 3. The first-order chi connectivity index (χ1) is 8.48. The Labute approximate surface area is 111 Å². The van der Waals surface area contributed by atoms with Gasteiger partial charge in [-0.1, -0.05) is 20.3 Å². The molecule has 5 unspecified atom stereocenters. The zero-order valence-electron chi connectivity index (χ0n) is 11.8. The van der Waals surface area contributed by atoms with Gasteiger partial charge in [-0.25, -0.2) is 0 Å². The minimum absolute atomic E-state index is 0.187. The Morgan fingerprint density at radius 2 is 1.83 bits per heavy atom. The predicted octanol–water partition coefficient (Wildman–Crippen LogP) is 0.615. The molecule has 18 heavy (non-hydrogen) atoms. The van der Waals surface area contributed by atoms with Crippen molar-refractivity contribution in [2.45, 2.75) is 76.6 Å². The van der Waals surface area contributed by atoms with Crippen LogP contribution in [0, 0.1) is 17.3 Å². The predicted molar refractivity (Wildman–Crippen MR) is 71.9 cm³/mol. The molecule has 1 saturated heterocycles. The lowest BCUT2D eigenvalue weighted by Crippen LogP contribution is -3.02. The van der Waals surface area contributed by atoms with E-state index in [4.69, 9.17) is 5.73 Å². The van der Waals surface area contributed by atoms with E-state index in [2.05, 4.69) is 19.2 Å². The molecule has 3 aliphatic rings. The number of fused-ring (bicyclic) bond motifs is 2. The van der Waals surface area contributed by atoms with E-state index in [1.54, 1.807) is 0 Å². The van der Waals surface area contributed by atoms with Crippen LogP contribution >= 0.6 is 0 Å². The molecule has 1 aliphatic heterocycles. The highest BCUT2D eigenvalue weighted by Crippen LogP contribution is 2.42. The van der Waals surface area contributed by atoms with E-state index in [0.717, 1.165) is 12.5 Å². The van der Waals surface area contributed by atoms with Gasteiger partial charge >= 0.3 is 0 Å².